The summed E-state index contributed by atoms with van der Waals surface area (Å²) in [6.45, 7) is 6.15. The van der Waals surface area contributed by atoms with Crippen molar-refractivity contribution in [1.82, 2.24) is 15.7 Å². The lowest BCUT2D eigenvalue weighted by atomic mass is 10.1. The number of carbonyl (C=O) groups is 5. The van der Waals surface area contributed by atoms with Gasteiger partial charge in [0.05, 0.1) is 23.3 Å². The highest BCUT2D eigenvalue weighted by molar-refractivity contribution is 7.55. The van der Waals surface area contributed by atoms with Gasteiger partial charge in [-0.25, -0.2) is 19.2 Å². The van der Waals surface area contributed by atoms with Crippen LogP contribution in [-0.2, 0) is 50.9 Å². The number of carbonyl (C=O) groups excluding carboxylic acids is 5. The molecule has 14 nitrogen and oxygen atoms in total. The van der Waals surface area contributed by atoms with Gasteiger partial charge in [0.2, 0.25) is 17.7 Å². The van der Waals surface area contributed by atoms with Gasteiger partial charge in [0.1, 0.15) is 29.2 Å². The Hall–Kier alpha value is -4.62. The fourth-order valence-electron chi connectivity index (χ4n) is 5.30. The summed E-state index contributed by atoms with van der Waals surface area (Å²) >= 11 is 12.6. The third-order valence-corrected chi connectivity index (χ3v) is 10.8. The summed E-state index contributed by atoms with van der Waals surface area (Å²) in [5.74, 6) is -2.48. The summed E-state index contributed by atoms with van der Waals surface area (Å²) in [4.78, 5) is 61.0. The van der Waals surface area contributed by atoms with E-state index in [0.29, 0.717) is 21.8 Å². The van der Waals surface area contributed by atoms with Gasteiger partial charge in [-0.2, -0.15) is 0 Å². The van der Waals surface area contributed by atoms with Gasteiger partial charge in [0.15, 0.2) is 0 Å². The van der Waals surface area contributed by atoms with Crippen LogP contribution in [0.4, 0.5) is 0 Å². The molecule has 0 saturated carbocycles. The molecule has 3 aromatic rings. The summed E-state index contributed by atoms with van der Waals surface area (Å²) in [5, 5.41) is 15.7. The maximum Gasteiger partial charge on any atom is 0.438 e. The smallest absolute Gasteiger partial charge is 0.438 e. The van der Waals surface area contributed by atoms with Crippen molar-refractivity contribution in [3.63, 3.8) is 0 Å². The number of ether oxygens (including phenoxy) is 2. The first-order valence-corrected chi connectivity index (χ1v) is 19.4. The number of hydrogen-bond donors (Lipinski definition) is 3. The Labute approximate surface area is 323 Å². The Bertz CT molecular complexity index is 1740. The van der Waals surface area contributed by atoms with Gasteiger partial charge >= 0.3 is 19.5 Å². The van der Waals surface area contributed by atoms with Gasteiger partial charge < -0.3 is 29.2 Å². The third kappa shape index (κ3) is 13.3. The molecule has 0 aliphatic heterocycles. The van der Waals surface area contributed by atoms with Crippen molar-refractivity contribution < 1.29 is 52.3 Å². The van der Waals surface area contributed by atoms with E-state index in [0.717, 1.165) is 0 Å². The molecule has 0 saturated heterocycles. The standard InChI is InChI=1S/C37H44Cl2N3O11P/c1-6-50-36(46)32(40-23(3)43)20-25-8-13-28(14-9-25)52-54(49,34(18-19-35(45)42(5)48)27-12-17-30(38)31(39)22-27)53-29-15-10-26(11-16-29)21-33(41-24(4)44)37(47)51-7-2/h8-17,22,32-34,48H,6-7,18-21H2,1-5H3,(H,40,43)(H,41,44)/t32-,33-,34?/m0/s1. The van der Waals surface area contributed by atoms with Crippen molar-refractivity contribution in [3.8, 4) is 11.5 Å². The van der Waals surface area contributed by atoms with E-state index < -0.39 is 55.0 Å². The largest absolute Gasteiger partial charge is 0.464 e. The predicted molar refractivity (Wildman–Crippen MR) is 201 cm³/mol. The van der Waals surface area contributed by atoms with Gasteiger partial charge in [-0.3, -0.25) is 19.6 Å². The molecule has 3 rings (SSSR count). The molecule has 0 aliphatic carbocycles. The van der Waals surface area contributed by atoms with Crippen LogP contribution >= 0.6 is 30.8 Å². The molecule has 3 N–H and O–H groups in total. The van der Waals surface area contributed by atoms with Crippen LogP contribution in [0.1, 0.15) is 62.9 Å². The Kier molecular flexibility index (Phi) is 16.8. The van der Waals surface area contributed by atoms with Gasteiger partial charge in [-0.15, -0.1) is 0 Å². The molecule has 3 amide bonds. The molecule has 0 aromatic heterocycles. The molecule has 3 aromatic carbocycles. The van der Waals surface area contributed by atoms with Gasteiger partial charge in [-0.05, 0) is 73.4 Å². The monoisotopic (exact) mass is 807 g/mol. The highest BCUT2D eigenvalue weighted by Gasteiger charge is 2.41. The zero-order valence-corrected chi connectivity index (χ0v) is 32.9. The molecule has 0 aliphatic rings. The van der Waals surface area contributed by atoms with E-state index in [1.165, 1.54) is 57.3 Å². The topological polar surface area (TPSA) is 187 Å². The van der Waals surface area contributed by atoms with Gasteiger partial charge in [0, 0.05) is 40.2 Å². The molecule has 0 spiro atoms. The second-order valence-corrected chi connectivity index (χ2v) is 15.0. The molecule has 1 unspecified atom stereocenters. The van der Waals surface area contributed by atoms with Crippen LogP contribution in [0.2, 0.25) is 10.0 Å². The molecule has 0 heterocycles. The van der Waals surface area contributed by atoms with Crippen LogP contribution in [0.25, 0.3) is 0 Å². The van der Waals surface area contributed by atoms with Crippen LogP contribution in [-0.4, -0.2) is 72.3 Å². The van der Waals surface area contributed by atoms with Crippen molar-refractivity contribution in [1.29, 1.82) is 0 Å². The number of amides is 3. The summed E-state index contributed by atoms with van der Waals surface area (Å²) in [7, 11) is -3.24. The zero-order valence-electron chi connectivity index (χ0n) is 30.5. The van der Waals surface area contributed by atoms with Crippen LogP contribution in [0, 0.1) is 0 Å². The number of hydrogen-bond acceptors (Lipinski definition) is 11. The fraction of sp³-hybridized carbons (Fsp3) is 0.378. The Morgan fingerprint density at radius 2 is 1.19 bits per heavy atom. The second-order valence-electron chi connectivity index (χ2n) is 12.1. The first-order valence-electron chi connectivity index (χ1n) is 17.0. The number of esters is 2. The lowest BCUT2D eigenvalue weighted by Gasteiger charge is -2.28. The Morgan fingerprint density at radius 1 is 0.741 bits per heavy atom. The van der Waals surface area contributed by atoms with Crippen molar-refractivity contribution in [2.75, 3.05) is 20.3 Å². The molecular weight excluding hydrogens is 764 g/mol. The minimum absolute atomic E-state index is 0.0981. The lowest BCUT2D eigenvalue weighted by Crippen LogP contribution is -2.42. The fourth-order valence-corrected chi connectivity index (χ4v) is 7.70. The molecule has 0 radical (unpaired) electrons. The van der Waals surface area contributed by atoms with E-state index >= 15 is 4.57 Å². The molecule has 292 valence electrons. The van der Waals surface area contributed by atoms with Gasteiger partial charge in [-0.1, -0.05) is 53.5 Å². The van der Waals surface area contributed by atoms with E-state index in [1.807, 2.05) is 0 Å². The summed E-state index contributed by atoms with van der Waals surface area (Å²) < 4.78 is 37.8. The molecule has 17 heteroatoms. The van der Waals surface area contributed by atoms with Crippen LogP contribution in [0.5, 0.6) is 11.5 Å². The summed E-state index contributed by atoms with van der Waals surface area (Å²) in [6.07, 6.45) is -0.185. The number of halogens is 2. The van der Waals surface area contributed by atoms with Crippen molar-refractivity contribution in [2.45, 2.75) is 71.1 Å². The zero-order chi connectivity index (χ0) is 40.0. The maximum absolute atomic E-state index is 15.2. The van der Waals surface area contributed by atoms with Gasteiger partial charge in [0.25, 0.3) is 0 Å². The molecule has 54 heavy (non-hydrogen) atoms. The number of hydroxylamine groups is 2. The third-order valence-electron chi connectivity index (χ3n) is 7.79. The lowest BCUT2D eigenvalue weighted by molar-refractivity contribution is -0.159. The number of nitrogens with zero attached hydrogens (tertiary/aromatic N) is 1. The maximum atomic E-state index is 15.2. The minimum atomic E-state index is -4.41. The predicted octanol–water partition coefficient (Wildman–Crippen LogP) is 6.23. The first-order chi connectivity index (χ1) is 25.5. The molecular formula is C37H44Cl2N3O11P. The van der Waals surface area contributed by atoms with Crippen LogP contribution in [0.15, 0.2) is 66.7 Å². The number of rotatable bonds is 19. The SMILES string of the molecule is CCOC(=O)[C@H](Cc1ccc(OP(=O)(Oc2ccc(C[C@H](NC(C)=O)C(=O)OCC)cc2)C(CCC(=O)N(C)O)c2ccc(Cl)c(Cl)c2)cc1)NC(C)=O. The Morgan fingerprint density at radius 3 is 1.56 bits per heavy atom. The Balaban J connectivity index is 2.03. The van der Waals surface area contributed by atoms with Crippen molar-refractivity contribution in [3.05, 3.63) is 93.5 Å². The van der Waals surface area contributed by atoms with Crippen molar-refractivity contribution >= 4 is 60.5 Å². The molecule has 0 fully saturated rings. The highest BCUT2D eigenvalue weighted by Crippen LogP contribution is 2.62. The van der Waals surface area contributed by atoms with Crippen molar-refractivity contribution in [2.24, 2.45) is 0 Å². The van der Waals surface area contributed by atoms with E-state index in [9.17, 15) is 29.2 Å². The molecule has 3 atom stereocenters. The number of benzene rings is 3. The molecule has 0 bridgehead atoms. The van der Waals surface area contributed by atoms with Crippen LogP contribution in [0.3, 0.4) is 0 Å². The average molecular weight is 809 g/mol. The first kappa shape index (κ1) is 43.8. The van der Waals surface area contributed by atoms with E-state index in [1.54, 1.807) is 44.2 Å². The van der Waals surface area contributed by atoms with E-state index in [-0.39, 0.29) is 60.4 Å². The summed E-state index contributed by atoms with van der Waals surface area (Å²) in [6, 6.07) is 15.2. The average Bonchev–Trinajstić information content (AvgIpc) is 3.10. The van der Waals surface area contributed by atoms with E-state index in [4.69, 9.17) is 41.7 Å². The number of nitrogens with one attached hydrogen (secondary N) is 2. The van der Waals surface area contributed by atoms with E-state index in [2.05, 4.69) is 10.6 Å². The second kappa shape index (κ2) is 20.7. The normalized spacial score (nSPS) is 12.7. The summed E-state index contributed by atoms with van der Waals surface area (Å²) in [5.41, 5.74) is 0.489. The quantitative estimate of drug-likeness (QED) is 0.0539. The highest BCUT2D eigenvalue weighted by atomic mass is 35.5. The minimum Gasteiger partial charge on any atom is -0.464 e. The van der Waals surface area contributed by atoms with Crippen LogP contribution < -0.4 is 19.7 Å².